The van der Waals surface area contributed by atoms with Crippen LogP contribution in [0.1, 0.15) is 0 Å². The molecule has 0 saturated carbocycles. The van der Waals surface area contributed by atoms with Gasteiger partial charge in [0.05, 0.1) is 12.4 Å². The van der Waals surface area contributed by atoms with E-state index in [9.17, 15) is 0 Å². The zero-order valence-electron chi connectivity index (χ0n) is 7.57. The lowest BCUT2D eigenvalue weighted by Crippen LogP contribution is -2.38. The van der Waals surface area contributed by atoms with E-state index >= 15 is 0 Å². The minimum atomic E-state index is 0.726. The van der Waals surface area contributed by atoms with E-state index in [2.05, 4.69) is 0 Å². The van der Waals surface area contributed by atoms with Crippen molar-refractivity contribution in [2.45, 2.75) is 0 Å². The van der Waals surface area contributed by atoms with Crippen LogP contribution in [-0.2, 0) is 0 Å². The molecule has 0 spiro atoms. The molecule has 2 N–H and O–H groups in total. The van der Waals surface area contributed by atoms with E-state index in [1.165, 1.54) is 0 Å². The number of rotatable bonds is 3. The zero-order chi connectivity index (χ0) is 8.97. The van der Waals surface area contributed by atoms with Crippen molar-refractivity contribution in [1.29, 1.82) is 0 Å². The molecule has 0 aliphatic rings. The van der Waals surface area contributed by atoms with Crippen molar-refractivity contribution in [3.05, 3.63) is 30.3 Å². The summed E-state index contributed by atoms with van der Waals surface area (Å²) in [5, 5.41) is 1.71. The van der Waals surface area contributed by atoms with Crippen LogP contribution in [0.5, 0.6) is 0 Å². The number of hydrogen-bond acceptors (Lipinski definition) is 3. The molecular formula is C9H15N3. The molecule has 0 aromatic heterocycles. The quantitative estimate of drug-likeness (QED) is 0.410. The number of nitrogens with zero attached hydrogens (tertiary/aromatic N) is 2. The molecule has 1 aromatic carbocycles. The Morgan fingerprint density at radius 3 is 2.25 bits per heavy atom. The lowest BCUT2D eigenvalue weighted by molar-refractivity contribution is 0.404. The molecule has 0 heterocycles. The summed E-state index contributed by atoms with van der Waals surface area (Å²) in [6.07, 6.45) is 0. The van der Waals surface area contributed by atoms with Crippen molar-refractivity contribution in [1.82, 2.24) is 4.90 Å². The Morgan fingerprint density at radius 1 is 1.17 bits per heavy atom. The third kappa shape index (κ3) is 2.53. The van der Waals surface area contributed by atoms with E-state index in [4.69, 9.17) is 5.84 Å². The molecule has 0 atom stereocenters. The molecule has 3 nitrogen and oxygen atoms in total. The second-order valence-corrected chi connectivity index (χ2v) is 3.03. The van der Waals surface area contributed by atoms with E-state index in [-0.39, 0.29) is 0 Å². The summed E-state index contributed by atoms with van der Waals surface area (Å²) in [6, 6.07) is 9.91. The summed E-state index contributed by atoms with van der Waals surface area (Å²) in [5.74, 6) is 5.79. The van der Waals surface area contributed by atoms with Gasteiger partial charge in [-0.2, -0.15) is 0 Å². The predicted octanol–water partition coefficient (Wildman–Crippen LogP) is 0.886. The molecule has 0 radical (unpaired) electrons. The van der Waals surface area contributed by atoms with Gasteiger partial charge in [-0.3, -0.25) is 9.91 Å². The smallest absolute Gasteiger partial charge is 0.0856 e. The Balaban J connectivity index is 2.59. The second kappa shape index (κ2) is 4.09. The molecule has 0 aliphatic heterocycles. The lowest BCUT2D eigenvalue weighted by Gasteiger charge is -2.22. The SMILES string of the molecule is CN(C)CN(N)c1ccccc1. The van der Waals surface area contributed by atoms with E-state index in [0.29, 0.717) is 0 Å². The number of benzene rings is 1. The van der Waals surface area contributed by atoms with Gasteiger partial charge in [-0.1, -0.05) is 18.2 Å². The molecule has 0 amide bonds. The normalized spacial score (nSPS) is 10.3. The van der Waals surface area contributed by atoms with Crippen LogP contribution in [0.2, 0.25) is 0 Å². The van der Waals surface area contributed by atoms with Crippen LogP contribution < -0.4 is 10.9 Å². The van der Waals surface area contributed by atoms with E-state index in [1.54, 1.807) is 5.01 Å². The molecule has 3 heteroatoms. The number of hydrogen-bond donors (Lipinski definition) is 1. The van der Waals surface area contributed by atoms with E-state index in [1.807, 2.05) is 49.3 Å². The van der Waals surface area contributed by atoms with E-state index < -0.39 is 0 Å². The first-order valence-corrected chi connectivity index (χ1v) is 3.92. The Bertz CT molecular complexity index is 220. The van der Waals surface area contributed by atoms with Gasteiger partial charge in [-0.15, -0.1) is 0 Å². The topological polar surface area (TPSA) is 32.5 Å². The molecular weight excluding hydrogens is 150 g/mol. The second-order valence-electron chi connectivity index (χ2n) is 3.03. The maximum Gasteiger partial charge on any atom is 0.0856 e. The predicted molar refractivity (Wildman–Crippen MR) is 51.7 cm³/mol. The van der Waals surface area contributed by atoms with Gasteiger partial charge in [0.25, 0.3) is 0 Å². The molecule has 66 valence electrons. The summed E-state index contributed by atoms with van der Waals surface area (Å²) < 4.78 is 0. The van der Waals surface area contributed by atoms with Crippen molar-refractivity contribution in [3.8, 4) is 0 Å². The molecule has 0 fully saturated rings. The Morgan fingerprint density at radius 2 is 1.75 bits per heavy atom. The number of para-hydroxylation sites is 1. The zero-order valence-corrected chi connectivity index (χ0v) is 7.57. The van der Waals surface area contributed by atoms with Crippen LogP contribution >= 0.6 is 0 Å². The van der Waals surface area contributed by atoms with Gasteiger partial charge >= 0.3 is 0 Å². The van der Waals surface area contributed by atoms with Gasteiger partial charge in [0.15, 0.2) is 0 Å². The van der Waals surface area contributed by atoms with Gasteiger partial charge < -0.3 is 0 Å². The number of nitrogens with two attached hydrogens (primary N) is 1. The van der Waals surface area contributed by atoms with Gasteiger partial charge in [0.1, 0.15) is 0 Å². The lowest BCUT2D eigenvalue weighted by atomic mass is 10.3. The molecule has 1 rings (SSSR count). The van der Waals surface area contributed by atoms with Crippen LogP contribution in [0.4, 0.5) is 5.69 Å². The average molecular weight is 165 g/mol. The first-order chi connectivity index (χ1) is 5.70. The highest BCUT2D eigenvalue weighted by Crippen LogP contribution is 2.08. The minimum Gasteiger partial charge on any atom is -0.297 e. The highest BCUT2D eigenvalue weighted by atomic mass is 15.5. The van der Waals surface area contributed by atoms with Gasteiger partial charge in [-0.25, -0.2) is 5.84 Å². The summed E-state index contributed by atoms with van der Waals surface area (Å²) in [6.45, 7) is 0.726. The van der Waals surface area contributed by atoms with Crippen molar-refractivity contribution in [3.63, 3.8) is 0 Å². The summed E-state index contributed by atoms with van der Waals surface area (Å²) in [5.41, 5.74) is 1.03. The average Bonchev–Trinajstić information content (AvgIpc) is 2.05. The number of anilines is 1. The fourth-order valence-electron chi connectivity index (χ4n) is 1.01. The molecule has 12 heavy (non-hydrogen) atoms. The standard InChI is InChI=1S/C9H15N3/c1-11(2)8-12(10)9-6-4-3-5-7-9/h3-7H,8,10H2,1-2H3. The first-order valence-electron chi connectivity index (χ1n) is 3.92. The van der Waals surface area contributed by atoms with Crippen LogP contribution in [-0.4, -0.2) is 25.7 Å². The van der Waals surface area contributed by atoms with Crippen LogP contribution in [0.25, 0.3) is 0 Å². The third-order valence-corrected chi connectivity index (χ3v) is 1.52. The number of hydrazine groups is 1. The Hall–Kier alpha value is -1.06. The summed E-state index contributed by atoms with van der Waals surface area (Å²) in [7, 11) is 3.98. The minimum absolute atomic E-state index is 0.726. The van der Waals surface area contributed by atoms with Gasteiger partial charge in [-0.05, 0) is 26.2 Å². The maximum absolute atomic E-state index is 5.79. The molecule has 0 saturated heterocycles. The maximum atomic E-state index is 5.79. The third-order valence-electron chi connectivity index (χ3n) is 1.52. The summed E-state index contributed by atoms with van der Waals surface area (Å²) >= 11 is 0. The monoisotopic (exact) mass is 165 g/mol. The highest BCUT2D eigenvalue weighted by molar-refractivity contribution is 5.43. The van der Waals surface area contributed by atoms with E-state index in [0.717, 1.165) is 12.4 Å². The fourth-order valence-corrected chi connectivity index (χ4v) is 1.01. The van der Waals surface area contributed by atoms with Crippen molar-refractivity contribution >= 4 is 5.69 Å². The van der Waals surface area contributed by atoms with Crippen LogP contribution in [0.3, 0.4) is 0 Å². The molecule has 1 aromatic rings. The highest BCUT2D eigenvalue weighted by Gasteiger charge is 1.99. The molecule has 0 aliphatic carbocycles. The molecule has 0 bridgehead atoms. The van der Waals surface area contributed by atoms with Crippen molar-refractivity contribution < 1.29 is 0 Å². The fraction of sp³-hybridized carbons (Fsp3) is 0.333. The van der Waals surface area contributed by atoms with Crippen LogP contribution in [0, 0.1) is 0 Å². The summed E-state index contributed by atoms with van der Waals surface area (Å²) in [4.78, 5) is 2.02. The van der Waals surface area contributed by atoms with Crippen LogP contribution in [0.15, 0.2) is 30.3 Å². The van der Waals surface area contributed by atoms with Gasteiger partial charge in [0, 0.05) is 0 Å². The molecule has 0 unspecified atom stereocenters. The first kappa shape index (κ1) is 9.03. The Kier molecular flexibility index (Phi) is 3.08. The Labute approximate surface area is 73.4 Å². The van der Waals surface area contributed by atoms with Gasteiger partial charge in [0.2, 0.25) is 0 Å². The largest absolute Gasteiger partial charge is 0.297 e. The van der Waals surface area contributed by atoms with Crippen molar-refractivity contribution in [2.75, 3.05) is 25.8 Å². The van der Waals surface area contributed by atoms with Crippen molar-refractivity contribution in [2.24, 2.45) is 5.84 Å².